The van der Waals surface area contributed by atoms with Crippen molar-refractivity contribution in [2.75, 3.05) is 63.2 Å². The molecule has 7 heterocycles. The first kappa shape index (κ1) is 69.9. The van der Waals surface area contributed by atoms with Gasteiger partial charge in [0.15, 0.2) is 11.3 Å². The Balaban J connectivity index is 0.000000214. The molecule has 474 valence electrons. The van der Waals surface area contributed by atoms with Gasteiger partial charge in [0.2, 0.25) is 0 Å². The molecule has 0 aliphatic carbocycles. The van der Waals surface area contributed by atoms with E-state index in [0.717, 1.165) is 74.5 Å². The number of fused-ring (bicyclic) bond motifs is 4. The van der Waals surface area contributed by atoms with Gasteiger partial charge in [0, 0.05) is 116 Å². The molecule has 9 rings (SSSR count). The largest absolute Gasteiger partial charge is 0.486 e. The van der Waals surface area contributed by atoms with Crippen LogP contribution < -0.4 is 9.80 Å². The van der Waals surface area contributed by atoms with Crippen molar-refractivity contribution < 1.29 is 37.0 Å². The van der Waals surface area contributed by atoms with Crippen LogP contribution in [0.3, 0.4) is 0 Å². The molecule has 0 unspecified atom stereocenters. The van der Waals surface area contributed by atoms with Crippen molar-refractivity contribution in [3.63, 3.8) is 0 Å². The number of benzene rings is 2. The highest BCUT2D eigenvalue weighted by Gasteiger charge is 2.49. The maximum atomic E-state index is 13.9. The SMILES string of the molecule is C=CB1OC(C)(C)C(C)(C)O1.C=Cc1cc(N(COCC[Si](C)(C)C)COCC[Si](C)(C)C)n2ncc(-c3cnc4ccc(F)cc4c3)c2n1.C[Si](C)(C)CCOCN(COCC[Si](C)(C)C)c1cc(Cl)nc2c(-c3cnc4ccc(F)cc4c3)cnn12. The second kappa shape index (κ2) is 29.6. The minimum atomic E-state index is -1.22. The number of ether oxygens (including phenoxy) is 4. The number of halogens is 3. The zero-order valence-corrected chi connectivity index (χ0v) is 59.5. The summed E-state index contributed by atoms with van der Waals surface area (Å²) in [4.78, 5) is 22.5. The Morgan fingerprint density at radius 2 is 0.920 bits per heavy atom. The van der Waals surface area contributed by atoms with Gasteiger partial charge in [-0.1, -0.05) is 103 Å². The quantitative estimate of drug-likeness (QED) is 0.0219. The van der Waals surface area contributed by atoms with E-state index in [0.29, 0.717) is 80.9 Å². The molecule has 1 aliphatic rings. The lowest BCUT2D eigenvalue weighted by Crippen LogP contribution is -2.41. The Labute approximate surface area is 529 Å². The predicted molar refractivity (Wildman–Crippen MR) is 370 cm³/mol. The first-order valence-corrected chi connectivity index (χ1v) is 45.4. The third kappa shape index (κ3) is 20.0. The van der Waals surface area contributed by atoms with E-state index < -0.39 is 32.3 Å². The molecule has 0 radical (unpaired) electrons. The Morgan fingerprint density at radius 1 is 0.545 bits per heavy atom. The topological polar surface area (TPSA) is 148 Å². The average Bonchev–Trinajstić information content (AvgIpc) is 1.62. The molecule has 16 nitrogen and oxygen atoms in total. The third-order valence-electron chi connectivity index (χ3n) is 15.1. The fraction of sp³-hybridized carbons (Fsp3) is 0.469. The van der Waals surface area contributed by atoms with E-state index in [1.54, 1.807) is 59.6 Å². The minimum Gasteiger partial charge on any atom is -0.400 e. The van der Waals surface area contributed by atoms with Crippen LogP contribution in [0.2, 0.25) is 108 Å². The first-order valence-electron chi connectivity index (χ1n) is 30.2. The molecule has 24 heteroatoms. The van der Waals surface area contributed by atoms with Gasteiger partial charge in [0.05, 0.1) is 40.3 Å². The predicted octanol–water partition coefficient (Wildman–Crippen LogP) is 16.1. The van der Waals surface area contributed by atoms with Gasteiger partial charge in [-0.05, 0) is 106 Å². The van der Waals surface area contributed by atoms with E-state index in [-0.39, 0.29) is 30.0 Å². The summed E-state index contributed by atoms with van der Waals surface area (Å²) < 4.78 is 67.0. The molecule has 0 N–H and O–H groups in total. The molecule has 2 aromatic carbocycles. The van der Waals surface area contributed by atoms with Crippen LogP contribution in [0.25, 0.3) is 61.4 Å². The van der Waals surface area contributed by atoms with E-state index in [1.165, 1.54) is 24.3 Å². The lowest BCUT2D eigenvalue weighted by molar-refractivity contribution is 0.00578. The molecule has 6 aromatic heterocycles. The first-order chi connectivity index (χ1) is 41.2. The average molecular weight is 1290 g/mol. The molecule has 0 amide bonds. The molecular weight excluding hydrogens is 1200 g/mol. The summed E-state index contributed by atoms with van der Waals surface area (Å²) in [6.45, 7) is 48.0. The van der Waals surface area contributed by atoms with Crippen molar-refractivity contribution in [1.29, 1.82) is 0 Å². The van der Waals surface area contributed by atoms with Crippen molar-refractivity contribution in [1.82, 2.24) is 39.2 Å². The fourth-order valence-corrected chi connectivity index (χ4v) is 12.1. The highest BCUT2D eigenvalue weighted by molar-refractivity contribution is 6.77. The highest BCUT2D eigenvalue weighted by atomic mass is 35.5. The highest BCUT2D eigenvalue weighted by Crippen LogP contribution is 2.37. The lowest BCUT2D eigenvalue weighted by atomic mass is 9.90. The Bertz CT molecular complexity index is 3600. The Hall–Kier alpha value is -5.58. The van der Waals surface area contributed by atoms with Gasteiger partial charge in [-0.2, -0.15) is 19.2 Å². The number of anilines is 2. The van der Waals surface area contributed by atoms with Crippen molar-refractivity contribution in [2.45, 2.75) is 142 Å². The van der Waals surface area contributed by atoms with Crippen LogP contribution in [0, 0.1) is 11.6 Å². The standard InChI is InChI=1S/C29H40FN5O2Si2.C27H37ClFN5O2Si2.C8H15BO2/c1-8-25-17-28(34(20-36-11-13-38(2,3)4)21-37-12-14-39(5,6)7)35-29(33-25)26(19-32-35)23-15-22-16-24(30)9-10-27(22)31-18-23;1-37(2,3)11-9-35-18-33(19-36-10-12-38(4,5)6)26-15-25(28)32-27-23(17-31-34(26)27)21-13-20-14-22(29)7-8-24(20)30-16-21;1-6-9-10-7(2,3)8(4,5)11-9/h8-10,15-19H,1,11-14,20-21H2,2-7H3;7-8,13-17H,9-12,18-19H2,1-6H3;6H,1H2,2-5H3. The van der Waals surface area contributed by atoms with Crippen molar-refractivity contribution in [2.24, 2.45) is 0 Å². The summed E-state index contributed by atoms with van der Waals surface area (Å²) in [5.41, 5.74) is 6.10. The molecular formula is C64H92BClF2N10O6Si4. The Morgan fingerprint density at radius 3 is 1.27 bits per heavy atom. The van der Waals surface area contributed by atoms with Gasteiger partial charge in [-0.25, -0.2) is 18.7 Å². The van der Waals surface area contributed by atoms with Gasteiger partial charge in [-0.3, -0.25) is 9.97 Å². The second-order valence-electron chi connectivity index (χ2n) is 28.2. The molecule has 88 heavy (non-hydrogen) atoms. The number of nitrogens with zero attached hydrogens (tertiary/aromatic N) is 10. The van der Waals surface area contributed by atoms with Crippen LogP contribution in [0.5, 0.6) is 0 Å². The molecule has 0 saturated carbocycles. The number of hydrogen-bond donors (Lipinski definition) is 0. The molecule has 8 aromatic rings. The fourth-order valence-electron chi connectivity index (χ4n) is 8.88. The number of hydrogen-bond acceptors (Lipinski definition) is 14. The van der Waals surface area contributed by atoms with Crippen LogP contribution in [0.15, 0.2) is 105 Å². The van der Waals surface area contributed by atoms with Crippen LogP contribution in [-0.2, 0) is 28.3 Å². The van der Waals surface area contributed by atoms with E-state index in [4.69, 9.17) is 49.9 Å². The van der Waals surface area contributed by atoms with Gasteiger partial charge in [-0.15, -0.1) is 6.58 Å². The smallest absolute Gasteiger partial charge is 0.400 e. The number of pyridine rings is 2. The summed E-state index contributed by atoms with van der Waals surface area (Å²) in [7, 11) is -5.12. The summed E-state index contributed by atoms with van der Waals surface area (Å²) in [5.74, 6) is 2.61. The molecule has 1 aliphatic heterocycles. The minimum absolute atomic E-state index is 0.230. The molecule has 1 fully saturated rings. The molecule has 0 atom stereocenters. The summed E-state index contributed by atoms with van der Waals surface area (Å²) in [6.07, 6.45) is 8.76. The summed E-state index contributed by atoms with van der Waals surface area (Å²) in [5, 5.41) is 11.1. The normalized spacial score (nSPS) is 14.3. The van der Waals surface area contributed by atoms with Gasteiger partial charge in [0.25, 0.3) is 0 Å². The van der Waals surface area contributed by atoms with Crippen LogP contribution in [0.4, 0.5) is 20.4 Å². The van der Waals surface area contributed by atoms with Crippen molar-refractivity contribution in [3.05, 3.63) is 127 Å². The van der Waals surface area contributed by atoms with Crippen LogP contribution in [0.1, 0.15) is 33.4 Å². The van der Waals surface area contributed by atoms with Gasteiger partial charge < -0.3 is 38.1 Å². The second-order valence-corrected chi connectivity index (χ2v) is 51.1. The van der Waals surface area contributed by atoms with Crippen molar-refractivity contribution >= 4 is 102 Å². The van der Waals surface area contributed by atoms with E-state index in [2.05, 4.69) is 117 Å². The van der Waals surface area contributed by atoms with Gasteiger partial charge >= 0.3 is 7.12 Å². The maximum absolute atomic E-state index is 13.9. The summed E-state index contributed by atoms with van der Waals surface area (Å²) >= 11 is 6.53. The molecule has 1 saturated heterocycles. The zero-order valence-electron chi connectivity index (χ0n) is 54.8. The van der Waals surface area contributed by atoms with Crippen LogP contribution in [-0.4, -0.2) is 143 Å². The number of rotatable bonds is 26. The third-order valence-corrected chi connectivity index (χ3v) is 22.1. The molecule has 0 bridgehead atoms. The lowest BCUT2D eigenvalue weighted by Gasteiger charge is -2.32. The van der Waals surface area contributed by atoms with Gasteiger partial charge in [0.1, 0.15) is 55.3 Å². The Kier molecular flexibility index (Phi) is 23.5. The monoisotopic (exact) mass is 1290 g/mol. The van der Waals surface area contributed by atoms with E-state index in [9.17, 15) is 8.78 Å². The maximum Gasteiger partial charge on any atom is 0.486 e. The van der Waals surface area contributed by atoms with E-state index >= 15 is 0 Å². The van der Waals surface area contributed by atoms with E-state index in [1.807, 2.05) is 55.3 Å². The number of aromatic nitrogens is 8. The zero-order chi connectivity index (χ0) is 64.4. The van der Waals surface area contributed by atoms with Crippen molar-refractivity contribution in [3.8, 4) is 22.3 Å². The summed E-state index contributed by atoms with van der Waals surface area (Å²) in [6, 6.07) is 21.0. The molecule has 0 spiro atoms. The van der Waals surface area contributed by atoms with Crippen LogP contribution >= 0.6 is 11.6 Å².